The summed E-state index contributed by atoms with van der Waals surface area (Å²) in [4.78, 5) is 0. The van der Waals surface area contributed by atoms with Crippen LogP contribution in [0, 0.1) is 0 Å². The fraction of sp³-hybridized carbons (Fsp3) is 1.00. The molecule has 2 N–H and O–H groups in total. The van der Waals surface area contributed by atoms with Crippen molar-refractivity contribution in [1.29, 1.82) is 0 Å². The maximum absolute atomic E-state index is 11.3. The lowest BCUT2D eigenvalue weighted by Gasteiger charge is -2.18. The summed E-state index contributed by atoms with van der Waals surface area (Å²) in [5, 5.41) is 11.8. The third-order valence-electron chi connectivity index (χ3n) is 2.07. The van der Waals surface area contributed by atoms with E-state index in [9.17, 15) is 8.42 Å². The van der Waals surface area contributed by atoms with Gasteiger partial charge in [-0.25, -0.2) is 8.42 Å². The van der Waals surface area contributed by atoms with Crippen LogP contribution in [-0.2, 0) is 9.84 Å². The molecule has 0 aromatic heterocycles. The first-order valence-electron chi connectivity index (χ1n) is 4.98. The number of hydrogen-bond donors (Lipinski definition) is 2. The van der Waals surface area contributed by atoms with E-state index >= 15 is 0 Å². The molecule has 0 rings (SSSR count). The van der Waals surface area contributed by atoms with E-state index in [-0.39, 0.29) is 30.2 Å². The molecular formula is C9H21NO3S. The van der Waals surface area contributed by atoms with Crippen LogP contribution in [0.4, 0.5) is 0 Å². The van der Waals surface area contributed by atoms with Crippen molar-refractivity contribution >= 4 is 9.84 Å². The molecule has 0 heterocycles. The third-order valence-corrected chi connectivity index (χ3v) is 3.96. The first-order valence-corrected chi connectivity index (χ1v) is 6.80. The van der Waals surface area contributed by atoms with Gasteiger partial charge >= 0.3 is 0 Å². The molecule has 0 aliphatic heterocycles. The SMILES string of the molecule is CCS(=O)(=O)CC(C)NC(C)CCO. The molecular weight excluding hydrogens is 202 g/mol. The molecule has 5 heteroatoms. The fourth-order valence-corrected chi connectivity index (χ4v) is 2.40. The van der Waals surface area contributed by atoms with Crippen LogP contribution >= 0.6 is 0 Å². The molecule has 0 aliphatic carbocycles. The first-order chi connectivity index (χ1) is 6.41. The minimum atomic E-state index is -2.90. The number of sulfone groups is 1. The average molecular weight is 223 g/mol. The van der Waals surface area contributed by atoms with Crippen molar-refractivity contribution in [1.82, 2.24) is 5.32 Å². The second-order valence-corrected chi connectivity index (χ2v) is 6.08. The molecule has 0 aromatic carbocycles. The van der Waals surface area contributed by atoms with Gasteiger partial charge in [0.15, 0.2) is 9.84 Å². The predicted octanol–water partition coefficient (Wildman–Crippen LogP) is 0.170. The Labute approximate surface area is 86.6 Å². The molecule has 14 heavy (non-hydrogen) atoms. The highest BCUT2D eigenvalue weighted by atomic mass is 32.2. The second kappa shape index (κ2) is 6.37. The van der Waals surface area contributed by atoms with Gasteiger partial charge in [-0.1, -0.05) is 6.92 Å². The van der Waals surface area contributed by atoms with E-state index in [1.807, 2.05) is 13.8 Å². The molecule has 2 unspecified atom stereocenters. The molecule has 0 aromatic rings. The van der Waals surface area contributed by atoms with Crippen molar-refractivity contribution in [2.45, 2.75) is 39.3 Å². The van der Waals surface area contributed by atoms with Gasteiger partial charge in [0.2, 0.25) is 0 Å². The average Bonchev–Trinajstić information content (AvgIpc) is 2.03. The van der Waals surface area contributed by atoms with Gasteiger partial charge in [-0.05, 0) is 20.3 Å². The lowest BCUT2D eigenvalue weighted by molar-refractivity contribution is 0.265. The normalized spacial score (nSPS) is 16.6. The van der Waals surface area contributed by atoms with E-state index in [1.165, 1.54) is 0 Å². The Morgan fingerprint density at radius 2 is 1.86 bits per heavy atom. The number of aliphatic hydroxyl groups is 1. The zero-order valence-electron chi connectivity index (χ0n) is 9.16. The molecule has 0 amide bonds. The number of nitrogens with one attached hydrogen (secondary N) is 1. The first kappa shape index (κ1) is 13.9. The summed E-state index contributed by atoms with van der Waals surface area (Å²) in [7, 11) is -2.90. The standard InChI is InChI=1S/C9H21NO3S/c1-4-14(12,13)7-9(3)10-8(2)5-6-11/h8-11H,4-7H2,1-3H3. The van der Waals surface area contributed by atoms with Crippen LogP contribution in [0.3, 0.4) is 0 Å². The molecule has 0 saturated carbocycles. The van der Waals surface area contributed by atoms with Crippen LogP contribution < -0.4 is 5.32 Å². The molecule has 0 spiro atoms. The lowest BCUT2D eigenvalue weighted by Crippen LogP contribution is -2.39. The smallest absolute Gasteiger partial charge is 0.151 e. The maximum Gasteiger partial charge on any atom is 0.151 e. The Morgan fingerprint density at radius 1 is 1.29 bits per heavy atom. The maximum atomic E-state index is 11.3. The van der Waals surface area contributed by atoms with Crippen LogP contribution in [0.2, 0.25) is 0 Å². The van der Waals surface area contributed by atoms with Gasteiger partial charge in [-0.2, -0.15) is 0 Å². The number of aliphatic hydroxyl groups excluding tert-OH is 1. The Morgan fingerprint density at radius 3 is 2.29 bits per heavy atom. The molecule has 0 saturated heterocycles. The summed E-state index contributed by atoms with van der Waals surface area (Å²) in [6, 6.07) is 0.101. The molecule has 0 bridgehead atoms. The topological polar surface area (TPSA) is 66.4 Å². The van der Waals surface area contributed by atoms with Gasteiger partial charge in [0.05, 0.1) is 5.75 Å². The molecule has 0 fully saturated rings. The van der Waals surface area contributed by atoms with Crippen molar-refractivity contribution < 1.29 is 13.5 Å². The molecule has 2 atom stereocenters. The second-order valence-electron chi connectivity index (χ2n) is 3.68. The Hall–Kier alpha value is -0.130. The molecule has 86 valence electrons. The van der Waals surface area contributed by atoms with Crippen LogP contribution in [0.5, 0.6) is 0 Å². The summed E-state index contributed by atoms with van der Waals surface area (Å²) >= 11 is 0. The van der Waals surface area contributed by atoms with Gasteiger partial charge < -0.3 is 10.4 Å². The van der Waals surface area contributed by atoms with E-state index in [0.717, 1.165) is 0 Å². The van der Waals surface area contributed by atoms with Crippen LogP contribution in [0.1, 0.15) is 27.2 Å². The van der Waals surface area contributed by atoms with Crippen LogP contribution in [0.15, 0.2) is 0 Å². The summed E-state index contributed by atoms with van der Waals surface area (Å²) in [6.45, 7) is 5.56. The van der Waals surface area contributed by atoms with Crippen molar-refractivity contribution in [2.75, 3.05) is 18.1 Å². The number of hydrogen-bond acceptors (Lipinski definition) is 4. The van der Waals surface area contributed by atoms with E-state index in [4.69, 9.17) is 5.11 Å². The fourth-order valence-electron chi connectivity index (χ4n) is 1.31. The predicted molar refractivity (Wildman–Crippen MR) is 58.1 cm³/mol. The van der Waals surface area contributed by atoms with Crippen LogP contribution in [-0.4, -0.2) is 43.7 Å². The summed E-state index contributed by atoms with van der Waals surface area (Å²) in [5.74, 6) is 0.354. The van der Waals surface area contributed by atoms with Crippen molar-refractivity contribution in [3.05, 3.63) is 0 Å². The van der Waals surface area contributed by atoms with E-state index < -0.39 is 9.84 Å². The monoisotopic (exact) mass is 223 g/mol. The molecule has 0 aliphatic rings. The Balaban J connectivity index is 3.92. The highest BCUT2D eigenvalue weighted by molar-refractivity contribution is 7.91. The lowest BCUT2D eigenvalue weighted by atomic mass is 10.2. The highest BCUT2D eigenvalue weighted by Crippen LogP contribution is 1.97. The third kappa shape index (κ3) is 6.34. The van der Waals surface area contributed by atoms with Crippen LogP contribution in [0.25, 0.3) is 0 Å². The van der Waals surface area contributed by atoms with Crippen molar-refractivity contribution in [3.8, 4) is 0 Å². The highest BCUT2D eigenvalue weighted by Gasteiger charge is 2.14. The largest absolute Gasteiger partial charge is 0.396 e. The quantitative estimate of drug-likeness (QED) is 0.646. The zero-order chi connectivity index (χ0) is 11.2. The number of rotatable bonds is 7. The van der Waals surface area contributed by atoms with Crippen molar-refractivity contribution in [2.24, 2.45) is 0 Å². The van der Waals surface area contributed by atoms with Gasteiger partial charge in [0.25, 0.3) is 0 Å². The zero-order valence-corrected chi connectivity index (χ0v) is 9.97. The molecule has 4 nitrogen and oxygen atoms in total. The Kier molecular flexibility index (Phi) is 6.31. The summed E-state index contributed by atoms with van der Waals surface area (Å²) < 4.78 is 22.5. The van der Waals surface area contributed by atoms with E-state index in [0.29, 0.717) is 6.42 Å². The minimum Gasteiger partial charge on any atom is -0.396 e. The van der Waals surface area contributed by atoms with Crippen molar-refractivity contribution in [3.63, 3.8) is 0 Å². The van der Waals surface area contributed by atoms with E-state index in [1.54, 1.807) is 6.92 Å². The summed E-state index contributed by atoms with van der Waals surface area (Å²) in [6.07, 6.45) is 0.649. The minimum absolute atomic E-state index is 0.0542. The van der Waals surface area contributed by atoms with Gasteiger partial charge in [-0.15, -0.1) is 0 Å². The van der Waals surface area contributed by atoms with Gasteiger partial charge in [-0.3, -0.25) is 0 Å². The Bertz CT molecular complexity index is 238. The van der Waals surface area contributed by atoms with Gasteiger partial charge in [0.1, 0.15) is 0 Å². The molecule has 0 radical (unpaired) electrons. The van der Waals surface area contributed by atoms with E-state index in [2.05, 4.69) is 5.32 Å². The summed E-state index contributed by atoms with van der Waals surface area (Å²) in [5.41, 5.74) is 0. The van der Waals surface area contributed by atoms with Gasteiger partial charge in [0, 0.05) is 24.4 Å².